The van der Waals surface area contributed by atoms with Gasteiger partial charge in [-0.3, -0.25) is 9.69 Å². The highest BCUT2D eigenvalue weighted by Crippen LogP contribution is 2.12. The molecule has 0 saturated carbocycles. The van der Waals surface area contributed by atoms with Gasteiger partial charge in [0.15, 0.2) is 0 Å². The zero-order valence-corrected chi connectivity index (χ0v) is 15.6. The first-order chi connectivity index (χ1) is 12.1. The Kier molecular flexibility index (Phi) is 6.45. The summed E-state index contributed by atoms with van der Waals surface area (Å²) in [6, 6.07) is 10.7. The van der Waals surface area contributed by atoms with Gasteiger partial charge in [0.25, 0.3) is 0 Å². The maximum absolute atomic E-state index is 12.6. The van der Waals surface area contributed by atoms with Gasteiger partial charge in [0, 0.05) is 45.8 Å². The first-order valence-corrected chi connectivity index (χ1v) is 9.52. The number of rotatable bonds is 5. The van der Waals surface area contributed by atoms with Crippen molar-refractivity contribution in [3.05, 3.63) is 35.9 Å². The maximum Gasteiger partial charge on any atom is 0.236 e. The quantitative estimate of drug-likeness (QED) is 0.810. The second-order valence-electron chi connectivity index (χ2n) is 7.41. The van der Waals surface area contributed by atoms with Crippen molar-refractivity contribution < 1.29 is 9.53 Å². The molecule has 2 fully saturated rings. The lowest BCUT2D eigenvalue weighted by molar-refractivity contribution is -0.144. The predicted octanol–water partition coefficient (Wildman–Crippen LogP) is 1.48. The van der Waals surface area contributed by atoms with E-state index >= 15 is 0 Å². The number of morpholine rings is 1. The van der Waals surface area contributed by atoms with Crippen molar-refractivity contribution in [1.29, 1.82) is 0 Å². The lowest BCUT2D eigenvalue weighted by Crippen LogP contribution is -2.54. The van der Waals surface area contributed by atoms with Gasteiger partial charge in [0.2, 0.25) is 5.91 Å². The highest BCUT2D eigenvalue weighted by atomic mass is 16.5. The van der Waals surface area contributed by atoms with E-state index in [0.717, 1.165) is 52.2 Å². The molecule has 1 aromatic carbocycles. The van der Waals surface area contributed by atoms with Crippen molar-refractivity contribution >= 4 is 5.91 Å². The van der Waals surface area contributed by atoms with Crippen LogP contribution in [0.15, 0.2) is 30.3 Å². The normalized spacial score (nSPS) is 25.9. The summed E-state index contributed by atoms with van der Waals surface area (Å²) in [6.07, 6.45) is 1.38. The molecule has 2 aliphatic rings. The number of ether oxygens (including phenoxy) is 1. The fourth-order valence-electron chi connectivity index (χ4n) is 3.78. The summed E-state index contributed by atoms with van der Waals surface area (Å²) in [5.41, 5.74) is 1.40. The number of benzene rings is 1. The van der Waals surface area contributed by atoms with Crippen LogP contribution in [0.3, 0.4) is 0 Å². The molecule has 2 heterocycles. The summed E-state index contributed by atoms with van der Waals surface area (Å²) >= 11 is 0. The van der Waals surface area contributed by atoms with Crippen LogP contribution in [0, 0.1) is 0 Å². The topological polar surface area (TPSA) is 36.0 Å². The fourth-order valence-corrected chi connectivity index (χ4v) is 3.78. The van der Waals surface area contributed by atoms with E-state index in [0.29, 0.717) is 6.54 Å². The summed E-state index contributed by atoms with van der Waals surface area (Å²) in [5, 5.41) is 0. The predicted molar refractivity (Wildman–Crippen MR) is 99.6 cm³/mol. The average Bonchev–Trinajstić information content (AvgIpc) is 2.61. The van der Waals surface area contributed by atoms with Gasteiger partial charge in [-0.25, -0.2) is 0 Å². The Labute approximate surface area is 151 Å². The molecule has 5 heteroatoms. The van der Waals surface area contributed by atoms with Crippen LogP contribution in [0.5, 0.6) is 0 Å². The van der Waals surface area contributed by atoms with Crippen LogP contribution in [0.2, 0.25) is 0 Å². The van der Waals surface area contributed by atoms with Crippen LogP contribution in [0.1, 0.15) is 19.4 Å². The Hall–Kier alpha value is -1.43. The number of piperazine rings is 1. The van der Waals surface area contributed by atoms with Crippen LogP contribution in [-0.4, -0.2) is 85.2 Å². The van der Waals surface area contributed by atoms with Gasteiger partial charge in [-0.1, -0.05) is 30.3 Å². The van der Waals surface area contributed by atoms with Crippen molar-refractivity contribution in [2.75, 3.05) is 52.4 Å². The number of nitrogens with zero attached hydrogens (tertiary/aromatic N) is 3. The van der Waals surface area contributed by atoms with Crippen LogP contribution < -0.4 is 0 Å². The first kappa shape index (κ1) is 18.4. The van der Waals surface area contributed by atoms with Crippen LogP contribution in [0.4, 0.5) is 0 Å². The van der Waals surface area contributed by atoms with Crippen molar-refractivity contribution in [3.8, 4) is 0 Å². The summed E-state index contributed by atoms with van der Waals surface area (Å²) < 4.78 is 5.72. The molecule has 138 valence electrons. The van der Waals surface area contributed by atoms with E-state index in [-0.39, 0.29) is 18.1 Å². The van der Waals surface area contributed by atoms with Crippen LogP contribution in [-0.2, 0) is 16.0 Å². The minimum absolute atomic E-state index is 0.141. The van der Waals surface area contributed by atoms with Gasteiger partial charge in [0.05, 0.1) is 18.8 Å². The molecule has 2 atom stereocenters. The standard InChI is InChI=1S/C20H31N3O2/c1-17-14-23(15-18(2)25-17)20(24)16-22-12-10-21(11-13-22)9-8-19-6-4-3-5-7-19/h3-7,17-18H,8-16H2,1-2H3. The Morgan fingerprint density at radius 1 is 1.00 bits per heavy atom. The first-order valence-electron chi connectivity index (χ1n) is 9.52. The third-order valence-electron chi connectivity index (χ3n) is 5.16. The molecule has 2 saturated heterocycles. The van der Waals surface area contributed by atoms with Crippen LogP contribution >= 0.6 is 0 Å². The molecular weight excluding hydrogens is 314 g/mol. The van der Waals surface area contributed by atoms with E-state index in [2.05, 4.69) is 40.1 Å². The number of hydrogen-bond donors (Lipinski definition) is 0. The minimum atomic E-state index is 0.141. The number of carbonyl (C=O) groups excluding carboxylic acids is 1. The third kappa shape index (κ3) is 5.53. The average molecular weight is 345 g/mol. The Morgan fingerprint density at radius 3 is 2.24 bits per heavy atom. The highest BCUT2D eigenvalue weighted by molar-refractivity contribution is 5.78. The van der Waals surface area contributed by atoms with Gasteiger partial charge in [-0.2, -0.15) is 0 Å². The molecule has 25 heavy (non-hydrogen) atoms. The van der Waals surface area contributed by atoms with E-state index in [4.69, 9.17) is 4.74 Å². The zero-order chi connectivity index (χ0) is 17.6. The van der Waals surface area contributed by atoms with Crippen molar-refractivity contribution in [1.82, 2.24) is 14.7 Å². The van der Waals surface area contributed by atoms with Gasteiger partial charge >= 0.3 is 0 Å². The van der Waals surface area contributed by atoms with E-state index in [9.17, 15) is 4.79 Å². The summed E-state index contributed by atoms with van der Waals surface area (Å²) in [6.45, 7) is 11.2. The highest BCUT2D eigenvalue weighted by Gasteiger charge is 2.27. The number of hydrogen-bond acceptors (Lipinski definition) is 4. The summed E-state index contributed by atoms with van der Waals surface area (Å²) in [5.74, 6) is 0.250. The molecule has 0 aromatic heterocycles. The van der Waals surface area contributed by atoms with E-state index in [1.807, 2.05) is 18.7 Å². The molecule has 5 nitrogen and oxygen atoms in total. The SMILES string of the molecule is CC1CN(C(=O)CN2CCN(CCc3ccccc3)CC2)CC(C)O1. The minimum Gasteiger partial charge on any atom is -0.372 e. The van der Waals surface area contributed by atoms with Gasteiger partial charge < -0.3 is 14.5 Å². The molecule has 1 aromatic rings. The Bertz CT molecular complexity index is 533. The summed E-state index contributed by atoms with van der Waals surface area (Å²) in [7, 11) is 0. The molecule has 0 spiro atoms. The fraction of sp³-hybridized carbons (Fsp3) is 0.650. The molecule has 2 aliphatic heterocycles. The van der Waals surface area contributed by atoms with E-state index in [1.165, 1.54) is 5.56 Å². The molecule has 0 aliphatic carbocycles. The Balaban J connectivity index is 1.38. The largest absolute Gasteiger partial charge is 0.372 e. The smallest absolute Gasteiger partial charge is 0.236 e. The van der Waals surface area contributed by atoms with Crippen molar-refractivity contribution in [3.63, 3.8) is 0 Å². The molecule has 0 N–H and O–H groups in total. The third-order valence-corrected chi connectivity index (χ3v) is 5.16. The monoisotopic (exact) mass is 345 g/mol. The lowest BCUT2D eigenvalue weighted by Gasteiger charge is -2.38. The zero-order valence-electron chi connectivity index (χ0n) is 15.6. The molecule has 3 rings (SSSR count). The second-order valence-corrected chi connectivity index (χ2v) is 7.41. The van der Waals surface area contributed by atoms with E-state index < -0.39 is 0 Å². The molecule has 1 amide bonds. The summed E-state index contributed by atoms with van der Waals surface area (Å²) in [4.78, 5) is 19.3. The Morgan fingerprint density at radius 2 is 1.60 bits per heavy atom. The van der Waals surface area contributed by atoms with Crippen LogP contribution in [0.25, 0.3) is 0 Å². The molecule has 2 unspecified atom stereocenters. The second kappa shape index (κ2) is 8.79. The molecular formula is C20H31N3O2. The van der Waals surface area contributed by atoms with Gasteiger partial charge in [0.1, 0.15) is 0 Å². The number of amides is 1. The van der Waals surface area contributed by atoms with E-state index in [1.54, 1.807) is 0 Å². The van der Waals surface area contributed by atoms with Crippen molar-refractivity contribution in [2.45, 2.75) is 32.5 Å². The lowest BCUT2D eigenvalue weighted by atomic mass is 10.1. The van der Waals surface area contributed by atoms with Gasteiger partial charge in [-0.05, 0) is 25.8 Å². The maximum atomic E-state index is 12.6. The van der Waals surface area contributed by atoms with Crippen molar-refractivity contribution in [2.24, 2.45) is 0 Å². The molecule has 0 radical (unpaired) electrons. The number of carbonyl (C=O) groups is 1. The molecule has 0 bridgehead atoms. The van der Waals surface area contributed by atoms with Gasteiger partial charge in [-0.15, -0.1) is 0 Å².